The minimum absolute atomic E-state index is 0.00902. The predicted molar refractivity (Wildman–Crippen MR) is 59.6 cm³/mol. The van der Waals surface area contributed by atoms with Gasteiger partial charge in [-0.3, -0.25) is 10.1 Å². The summed E-state index contributed by atoms with van der Waals surface area (Å²) >= 11 is 5.88. The van der Waals surface area contributed by atoms with Gasteiger partial charge in [0.2, 0.25) is 0 Å². The Morgan fingerprint density at radius 2 is 2.19 bits per heavy atom. The molecule has 0 amide bonds. The molecule has 0 aliphatic carbocycles. The normalized spacial score (nSPS) is 10.4. The zero-order chi connectivity index (χ0) is 12.0. The van der Waals surface area contributed by atoms with Crippen molar-refractivity contribution in [3.05, 3.63) is 38.9 Å². The van der Waals surface area contributed by atoms with Gasteiger partial charge in [-0.1, -0.05) is 11.6 Å². The molecule has 0 heterocycles. The highest BCUT2D eigenvalue weighted by Gasteiger charge is 2.09. The zero-order valence-corrected chi connectivity index (χ0v) is 9.57. The summed E-state index contributed by atoms with van der Waals surface area (Å²) in [6, 6.07) is 4.27. The van der Waals surface area contributed by atoms with Crippen LogP contribution in [0, 0.1) is 10.1 Å². The first-order valence-corrected chi connectivity index (χ1v) is 5.02. The molecule has 1 aromatic rings. The van der Waals surface area contributed by atoms with E-state index in [1.54, 1.807) is 7.11 Å². The highest BCUT2D eigenvalue weighted by atomic mass is 35.5. The second kappa shape index (κ2) is 6.42. The van der Waals surface area contributed by atoms with Crippen molar-refractivity contribution in [1.82, 2.24) is 0 Å². The number of nitrogens with zero attached hydrogens (tertiary/aromatic N) is 1. The van der Waals surface area contributed by atoms with Gasteiger partial charge in [0, 0.05) is 29.8 Å². The molecule has 5 nitrogen and oxygen atoms in total. The van der Waals surface area contributed by atoms with E-state index in [-0.39, 0.29) is 12.3 Å². The molecule has 0 radical (unpaired) electrons. The predicted octanol–water partition coefficient (Wildman–Crippen LogP) is 2.41. The first-order valence-electron chi connectivity index (χ1n) is 4.64. The third kappa shape index (κ3) is 3.77. The molecule has 0 spiro atoms. The van der Waals surface area contributed by atoms with E-state index >= 15 is 0 Å². The number of nitro benzene ring substituents is 1. The maximum absolute atomic E-state index is 10.5. The molecular weight excluding hydrogens is 234 g/mol. The summed E-state index contributed by atoms with van der Waals surface area (Å²) in [4.78, 5) is 10.1. The number of methoxy groups -OCH3 is 1. The van der Waals surface area contributed by atoms with Crippen LogP contribution in [0.15, 0.2) is 18.2 Å². The van der Waals surface area contributed by atoms with Gasteiger partial charge in [-0.2, -0.15) is 0 Å². The van der Waals surface area contributed by atoms with Crippen molar-refractivity contribution in [1.29, 1.82) is 0 Å². The molecule has 0 N–H and O–H groups in total. The highest BCUT2D eigenvalue weighted by molar-refractivity contribution is 6.31. The molecule has 1 rings (SSSR count). The molecule has 0 aliphatic heterocycles. The molecule has 0 aromatic heterocycles. The average molecular weight is 246 g/mol. The van der Waals surface area contributed by atoms with Crippen molar-refractivity contribution in [2.45, 2.75) is 6.61 Å². The molecule has 0 atom stereocenters. The standard InChI is InChI=1S/C10H12ClNO4/c1-15-4-5-16-7-8-6-9(12(13)14)2-3-10(8)11/h2-3,6H,4-5,7H2,1H3. The Balaban J connectivity index is 2.63. The molecule has 6 heteroatoms. The first kappa shape index (κ1) is 12.9. The number of benzene rings is 1. The van der Waals surface area contributed by atoms with E-state index in [0.29, 0.717) is 23.8 Å². The Bertz CT molecular complexity index is 370. The molecule has 88 valence electrons. The molecule has 0 bridgehead atoms. The van der Waals surface area contributed by atoms with E-state index in [4.69, 9.17) is 21.1 Å². The quantitative estimate of drug-likeness (QED) is 0.439. The second-order valence-electron chi connectivity index (χ2n) is 3.08. The van der Waals surface area contributed by atoms with E-state index in [1.807, 2.05) is 0 Å². The minimum Gasteiger partial charge on any atom is -0.382 e. The molecule has 0 aliphatic rings. The van der Waals surface area contributed by atoms with Crippen LogP contribution in [0.5, 0.6) is 0 Å². The molecule has 0 saturated carbocycles. The minimum atomic E-state index is -0.463. The number of halogens is 1. The summed E-state index contributed by atoms with van der Waals surface area (Å²) in [5.74, 6) is 0. The van der Waals surface area contributed by atoms with E-state index in [2.05, 4.69) is 0 Å². The van der Waals surface area contributed by atoms with Gasteiger partial charge in [-0.15, -0.1) is 0 Å². The number of non-ortho nitro benzene ring substituents is 1. The van der Waals surface area contributed by atoms with E-state index < -0.39 is 4.92 Å². The Morgan fingerprint density at radius 3 is 2.81 bits per heavy atom. The summed E-state index contributed by atoms with van der Waals surface area (Å²) in [6.07, 6.45) is 0. The fourth-order valence-electron chi connectivity index (χ4n) is 1.11. The summed E-state index contributed by atoms with van der Waals surface area (Å²) in [7, 11) is 1.57. The van der Waals surface area contributed by atoms with Crippen LogP contribution in [-0.2, 0) is 16.1 Å². The van der Waals surface area contributed by atoms with E-state index in [9.17, 15) is 10.1 Å². The molecular formula is C10H12ClNO4. The van der Waals surface area contributed by atoms with Crippen LogP contribution in [0.3, 0.4) is 0 Å². The zero-order valence-electron chi connectivity index (χ0n) is 8.81. The van der Waals surface area contributed by atoms with Crippen LogP contribution >= 0.6 is 11.6 Å². The number of nitro groups is 1. The fraction of sp³-hybridized carbons (Fsp3) is 0.400. The van der Waals surface area contributed by atoms with Crippen LogP contribution in [0.1, 0.15) is 5.56 Å². The maximum Gasteiger partial charge on any atom is 0.269 e. The lowest BCUT2D eigenvalue weighted by molar-refractivity contribution is -0.384. The molecule has 16 heavy (non-hydrogen) atoms. The van der Waals surface area contributed by atoms with E-state index in [0.717, 1.165) is 0 Å². The lowest BCUT2D eigenvalue weighted by atomic mass is 10.2. The van der Waals surface area contributed by atoms with Crippen LogP contribution in [-0.4, -0.2) is 25.2 Å². The summed E-state index contributed by atoms with van der Waals surface area (Å²) in [5.41, 5.74) is 0.613. The van der Waals surface area contributed by atoms with Gasteiger partial charge >= 0.3 is 0 Å². The van der Waals surface area contributed by atoms with Gasteiger partial charge in [-0.05, 0) is 6.07 Å². The molecule has 0 unspecified atom stereocenters. The van der Waals surface area contributed by atoms with Crippen molar-refractivity contribution >= 4 is 17.3 Å². The van der Waals surface area contributed by atoms with Crippen LogP contribution in [0.2, 0.25) is 5.02 Å². The Hall–Kier alpha value is -1.17. The second-order valence-corrected chi connectivity index (χ2v) is 3.49. The first-order chi connectivity index (χ1) is 7.65. The number of hydrogen-bond donors (Lipinski definition) is 0. The lowest BCUT2D eigenvalue weighted by Gasteiger charge is -2.05. The van der Waals surface area contributed by atoms with Gasteiger partial charge in [-0.25, -0.2) is 0 Å². The Labute approximate surface area is 98.1 Å². The average Bonchev–Trinajstić information content (AvgIpc) is 2.26. The fourth-order valence-corrected chi connectivity index (χ4v) is 1.28. The number of ether oxygens (including phenoxy) is 2. The summed E-state index contributed by atoms with van der Waals surface area (Å²) in [6.45, 7) is 1.14. The monoisotopic (exact) mass is 245 g/mol. The van der Waals surface area contributed by atoms with Crippen LogP contribution < -0.4 is 0 Å². The maximum atomic E-state index is 10.5. The van der Waals surface area contributed by atoms with Gasteiger partial charge in [0.15, 0.2) is 0 Å². The number of hydrogen-bond acceptors (Lipinski definition) is 4. The molecule has 0 fully saturated rings. The summed E-state index contributed by atoms with van der Waals surface area (Å²) < 4.78 is 10.0. The van der Waals surface area contributed by atoms with Gasteiger partial charge in [0.25, 0.3) is 5.69 Å². The highest BCUT2D eigenvalue weighted by Crippen LogP contribution is 2.22. The smallest absolute Gasteiger partial charge is 0.269 e. The Kier molecular flexibility index (Phi) is 5.18. The SMILES string of the molecule is COCCOCc1cc([N+](=O)[O-])ccc1Cl. The molecule has 1 aromatic carbocycles. The van der Waals surface area contributed by atoms with Crippen molar-refractivity contribution in [3.8, 4) is 0 Å². The van der Waals surface area contributed by atoms with Gasteiger partial charge in [0.05, 0.1) is 24.7 Å². The van der Waals surface area contributed by atoms with Crippen molar-refractivity contribution in [2.24, 2.45) is 0 Å². The van der Waals surface area contributed by atoms with Crippen molar-refractivity contribution in [2.75, 3.05) is 20.3 Å². The van der Waals surface area contributed by atoms with Gasteiger partial charge in [0.1, 0.15) is 0 Å². The van der Waals surface area contributed by atoms with Crippen molar-refractivity contribution < 1.29 is 14.4 Å². The van der Waals surface area contributed by atoms with E-state index in [1.165, 1.54) is 18.2 Å². The summed E-state index contributed by atoms with van der Waals surface area (Å²) in [5, 5.41) is 11.0. The molecule has 0 saturated heterocycles. The third-order valence-corrected chi connectivity index (χ3v) is 2.30. The Morgan fingerprint density at radius 1 is 1.44 bits per heavy atom. The largest absolute Gasteiger partial charge is 0.382 e. The van der Waals surface area contributed by atoms with Crippen LogP contribution in [0.25, 0.3) is 0 Å². The topological polar surface area (TPSA) is 61.6 Å². The van der Waals surface area contributed by atoms with Gasteiger partial charge < -0.3 is 9.47 Å². The number of rotatable bonds is 6. The third-order valence-electron chi connectivity index (χ3n) is 1.93. The van der Waals surface area contributed by atoms with Crippen LogP contribution in [0.4, 0.5) is 5.69 Å². The lowest BCUT2D eigenvalue weighted by Crippen LogP contribution is -2.02. The van der Waals surface area contributed by atoms with Crippen molar-refractivity contribution in [3.63, 3.8) is 0 Å².